The number of rotatable bonds is 8. The van der Waals surface area contributed by atoms with Gasteiger partial charge in [0.05, 0.1) is 12.7 Å². The molecule has 0 saturated carbocycles. The van der Waals surface area contributed by atoms with Crippen LogP contribution in [-0.4, -0.2) is 51.4 Å². The number of amidine groups is 1. The Morgan fingerprint density at radius 2 is 1.80 bits per heavy atom. The molecule has 0 saturated heterocycles. The average molecular weight is 535 g/mol. The second-order valence-corrected chi connectivity index (χ2v) is 9.75. The minimum atomic E-state index is -1.01. The van der Waals surface area contributed by atoms with Gasteiger partial charge in [0, 0.05) is 16.9 Å². The minimum Gasteiger partial charge on any atom is -0.465 e. The second kappa shape index (κ2) is 11.1. The maximum absolute atomic E-state index is 13.0. The second-order valence-electron chi connectivity index (χ2n) is 9.75. The van der Waals surface area contributed by atoms with Gasteiger partial charge in [-0.15, -0.1) is 5.10 Å². The molecule has 0 aliphatic carbocycles. The summed E-state index contributed by atoms with van der Waals surface area (Å²) in [6, 6.07) is 23.3. The lowest BCUT2D eigenvalue weighted by Crippen LogP contribution is -2.55. The van der Waals surface area contributed by atoms with E-state index in [1.807, 2.05) is 86.3 Å². The van der Waals surface area contributed by atoms with Crippen molar-refractivity contribution in [2.45, 2.75) is 39.2 Å². The fourth-order valence-corrected chi connectivity index (χ4v) is 5.32. The summed E-state index contributed by atoms with van der Waals surface area (Å²) in [7, 11) is 1.36. The van der Waals surface area contributed by atoms with Crippen LogP contribution in [0.15, 0.2) is 89.1 Å². The van der Waals surface area contributed by atoms with E-state index in [1.165, 1.54) is 7.11 Å². The van der Waals surface area contributed by atoms with Crippen molar-refractivity contribution in [3.63, 3.8) is 0 Å². The number of methoxy groups -OCH3 is 1. The molecule has 1 N–H and O–H groups in total. The van der Waals surface area contributed by atoms with Crippen LogP contribution in [0.5, 0.6) is 0 Å². The van der Waals surface area contributed by atoms with E-state index in [1.54, 1.807) is 12.1 Å². The lowest BCUT2D eigenvalue weighted by atomic mass is 9.82. The molecule has 1 aliphatic heterocycles. The number of nitrogens with zero attached hydrogens (tertiary/aromatic N) is 5. The van der Waals surface area contributed by atoms with Crippen molar-refractivity contribution < 1.29 is 14.3 Å². The lowest BCUT2D eigenvalue weighted by molar-refractivity contribution is -0.110. The quantitative estimate of drug-likeness (QED) is 0.237. The summed E-state index contributed by atoms with van der Waals surface area (Å²) in [6.45, 7) is 5.88. The van der Waals surface area contributed by atoms with Crippen molar-refractivity contribution >= 4 is 23.8 Å². The number of carbonyl (C=O) groups excluding carboxylic acids is 2. The number of allylic oxidation sites excluding steroid dienone is 1. The first-order valence-corrected chi connectivity index (χ1v) is 13.0. The average Bonchev–Trinajstić information content (AvgIpc) is 3.54. The van der Waals surface area contributed by atoms with Crippen LogP contribution in [-0.2, 0) is 16.0 Å². The van der Waals surface area contributed by atoms with E-state index in [9.17, 15) is 9.59 Å². The SMILES string of the molecule is CCC1=C(Cc2ccc(C(=O)OC)cc2)C(C)(C=O)N(c2ccc(-c3ccccc3)c(-c3nnn[nH]3)c2)C(C)=N1. The number of carbonyl (C=O) groups is 2. The van der Waals surface area contributed by atoms with Crippen LogP contribution < -0.4 is 4.90 Å². The maximum Gasteiger partial charge on any atom is 0.337 e. The molecule has 1 atom stereocenters. The first kappa shape index (κ1) is 26.7. The minimum absolute atomic E-state index is 0.390. The van der Waals surface area contributed by atoms with Gasteiger partial charge in [0.15, 0.2) is 5.82 Å². The number of nitrogens with one attached hydrogen (secondary N) is 1. The van der Waals surface area contributed by atoms with Crippen LogP contribution in [0.1, 0.15) is 43.1 Å². The first-order chi connectivity index (χ1) is 19.4. The zero-order chi connectivity index (χ0) is 28.3. The number of benzene rings is 3. The molecule has 40 heavy (non-hydrogen) atoms. The summed E-state index contributed by atoms with van der Waals surface area (Å²) in [6.07, 6.45) is 2.15. The molecule has 0 radical (unpaired) electrons. The van der Waals surface area contributed by atoms with Gasteiger partial charge in [-0.05, 0) is 83.6 Å². The summed E-state index contributed by atoms with van der Waals surface area (Å²) < 4.78 is 4.83. The van der Waals surface area contributed by atoms with Gasteiger partial charge in [-0.1, -0.05) is 55.5 Å². The number of tetrazole rings is 1. The van der Waals surface area contributed by atoms with Crippen molar-refractivity contribution in [3.05, 3.63) is 95.2 Å². The molecule has 5 rings (SSSR count). The van der Waals surface area contributed by atoms with E-state index >= 15 is 0 Å². The van der Waals surface area contributed by atoms with E-state index in [2.05, 4.69) is 20.6 Å². The Hall–Kier alpha value is -4.92. The Morgan fingerprint density at radius 1 is 1.05 bits per heavy atom. The number of hydrogen-bond acceptors (Lipinski definition) is 8. The monoisotopic (exact) mass is 534 g/mol. The number of hydrogen-bond donors (Lipinski definition) is 1. The molecule has 9 heteroatoms. The summed E-state index contributed by atoms with van der Waals surface area (Å²) in [4.78, 5) is 31.9. The van der Waals surface area contributed by atoms with Crippen molar-refractivity contribution in [1.29, 1.82) is 0 Å². The van der Waals surface area contributed by atoms with Gasteiger partial charge in [0.25, 0.3) is 0 Å². The van der Waals surface area contributed by atoms with E-state index < -0.39 is 11.5 Å². The van der Waals surface area contributed by atoms with Gasteiger partial charge in [-0.2, -0.15) is 0 Å². The fraction of sp³-hybridized carbons (Fsp3) is 0.226. The van der Waals surface area contributed by atoms with Crippen LogP contribution in [0.3, 0.4) is 0 Å². The van der Waals surface area contributed by atoms with Crippen LogP contribution in [0.4, 0.5) is 5.69 Å². The number of ether oxygens (including phenoxy) is 1. The third-order valence-electron chi connectivity index (χ3n) is 7.31. The number of anilines is 1. The zero-order valence-electron chi connectivity index (χ0n) is 22.9. The van der Waals surface area contributed by atoms with Crippen molar-refractivity contribution in [2.75, 3.05) is 12.0 Å². The van der Waals surface area contributed by atoms with Crippen LogP contribution in [0.25, 0.3) is 22.5 Å². The van der Waals surface area contributed by atoms with E-state index in [0.717, 1.165) is 45.5 Å². The van der Waals surface area contributed by atoms with Gasteiger partial charge in [0.1, 0.15) is 17.7 Å². The molecule has 9 nitrogen and oxygen atoms in total. The van der Waals surface area contributed by atoms with Crippen molar-refractivity contribution in [2.24, 2.45) is 4.99 Å². The molecule has 0 fully saturated rings. The maximum atomic E-state index is 13.0. The summed E-state index contributed by atoms with van der Waals surface area (Å²) in [5.74, 6) is 0.847. The number of aromatic amines is 1. The van der Waals surface area contributed by atoms with E-state index in [-0.39, 0.29) is 0 Å². The predicted octanol–water partition coefficient (Wildman–Crippen LogP) is 5.42. The number of H-pyrrole nitrogens is 1. The van der Waals surface area contributed by atoms with Crippen LogP contribution in [0.2, 0.25) is 0 Å². The Balaban J connectivity index is 1.60. The van der Waals surface area contributed by atoms with Crippen molar-refractivity contribution in [3.8, 4) is 22.5 Å². The standard InChI is InChI=1S/C31H30N6O3/c1-5-28-27(17-21-11-13-23(14-12-21)30(39)40-4)31(3,19-38)37(20(2)32-28)24-15-16-25(22-9-7-6-8-10-22)26(18-24)29-33-35-36-34-29/h6-16,18-19H,5,17H2,1-4H3,(H,33,34,35,36). The van der Waals surface area contributed by atoms with Crippen LogP contribution in [0, 0.1) is 0 Å². The molecule has 4 aromatic rings. The number of aromatic nitrogens is 4. The van der Waals surface area contributed by atoms with Gasteiger partial charge < -0.3 is 14.4 Å². The molecule has 1 unspecified atom stereocenters. The van der Waals surface area contributed by atoms with Crippen molar-refractivity contribution in [1.82, 2.24) is 20.6 Å². The molecule has 2 heterocycles. The number of aldehydes is 1. The smallest absolute Gasteiger partial charge is 0.337 e. The third-order valence-corrected chi connectivity index (χ3v) is 7.31. The Bertz CT molecular complexity index is 1590. The molecular formula is C31H30N6O3. The third kappa shape index (κ3) is 4.82. The number of aliphatic imine (C=N–C) groups is 1. The lowest BCUT2D eigenvalue weighted by Gasteiger charge is -2.44. The fourth-order valence-electron chi connectivity index (χ4n) is 5.32. The molecule has 0 spiro atoms. The molecule has 1 aromatic heterocycles. The Labute approximate surface area is 232 Å². The molecular weight excluding hydrogens is 504 g/mol. The van der Waals surface area contributed by atoms with Crippen LogP contribution >= 0.6 is 0 Å². The van der Waals surface area contributed by atoms with Gasteiger partial charge in [-0.3, -0.25) is 0 Å². The predicted molar refractivity (Wildman–Crippen MR) is 154 cm³/mol. The Kier molecular flexibility index (Phi) is 7.37. The highest BCUT2D eigenvalue weighted by atomic mass is 16.5. The Morgan fingerprint density at radius 3 is 2.42 bits per heavy atom. The van der Waals surface area contributed by atoms with E-state index in [4.69, 9.17) is 9.73 Å². The largest absolute Gasteiger partial charge is 0.465 e. The summed E-state index contributed by atoms with van der Waals surface area (Å²) >= 11 is 0. The molecule has 0 amide bonds. The zero-order valence-corrected chi connectivity index (χ0v) is 22.9. The number of esters is 1. The molecule has 3 aromatic carbocycles. The normalized spacial score (nSPS) is 17.0. The summed E-state index contributed by atoms with van der Waals surface area (Å²) in [5.41, 5.74) is 5.77. The molecule has 1 aliphatic rings. The molecule has 0 bridgehead atoms. The topological polar surface area (TPSA) is 113 Å². The highest BCUT2D eigenvalue weighted by Crippen LogP contribution is 2.41. The van der Waals surface area contributed by atoms with Gasteiger partial charge >= 0.3 is 5.97 Å². The summed E-state index contributed by atoms with van der Waals surface area (Å²) in [5, 5.41) is 14.6. The van der Waals surface area contributed by atoms with Gasteiger partial charge in [-0.25, -0.2) is 14.9 Å². The van der Waals surface area contributed by atoms with E-state index in [0.29, 0.717) is 30.1 Å². The first-order valence-electron chi connectivity index (χ1n) is 13.0. The highest BCUT2D eigenvalue weighted by Gasteiger charge is 2.42. The van der Waals surface area contributed by atoms with Gasteiger partial charge in [0.2, 0.25) is 0 Å². The highest BCUT2D eigenvalue weighted by molar-refractivity contribution is 6.05. The molecule has 202 valence electrons.